The average Bonchev–Trinajstić information content (AvgIpc) is 3.05. The SMILES string of the molecule is c1ccc(CN2CCN(c3ccnc4ccsc34)CC2)nc1. The number of hydrogen-bond acceptors (Lipinski definition) is 5. The van der Waals surface area contributed by atoms with Crippen molar-refractivity contribution in [1.82, 2.24) is 14.9 Å². The molecule has 0 aromatic carbocycles. The number of thiophene rings is 1. The molecule has 0 aliphatic carbocycles. The lowest BCUT2D eigenvalue weighted by atomic mass is 10.2. The van der Waals surface area contributed by atoms with E-state index in [0.29, 0.717) is 0 Å². The van der Waals surface area contributed by atoms with E-state index in [0.717, 1.165) is 43.9 Å². The first kappa shape index (κ1) is 13.7. The first-order chi connectivity index (χ1) is 10.9. The van der Waals surface area contributed by atoms with E-state index < -0.39 is 0 Å². The molecule has 3 aromatic rings. The van der Waals surface area contributed by atoms with Crippen LogP contribution in [0.25, 0.3) is 10.2 Å². The molecule has 0 radical (unpaired) electrons. The summed E-state index contributed by atoms with van der Waals surface area (Å²) in [4.78, 5) is 13.8. The molecule has 0 N–H and O–H groups in total. The molecule has 112 valence electrons. The van der Waals surface area contributed by atoms with Crippen LogP contribution in [0.1, 0.15) is 5.69 Å². The topological polar surface area (TPSA) is 32.3 Å². The smallest absolute Gasteiger partial charge is 0.0830 e. The summed E-state index contributed by atoms with van der Waals surface area (Å²) in [7, 11) is 0. The Morgan fingerprint density at radius 2 is 1.86 bits per heavy atom. The quantitative estimate of drug-likeness (QED) is 0.744. The number of anilines is 1. The van der Waals surface area contributed by atoms with Crippen LogP contribution in [-0.2, 0) is 6.54 Å². The summed E-state index contributed by atoms with van der Waals surface area (Å²) in [5.41, 5.74) is 3.59. The summed E-state index contributed by atoms with van der Waals surface area (Å²) >= 11 is 1.78. The predicted molar refractivity (Wildman–Crippen MR) is 91.3 cm³/mol. The van der Waals surface area contributed by atoms with Crippen molar-refractivity contribution < 1.29 is 0 Å². The van der Waals surface area contributed by atoms with Gasteiger partial charge in [-0.2, -0.15) is 0 Å². The van der Waals surface area contributed by atoms with Gasteiger partial charge < -0.3 is 4.90 Å². The Morgan fingerprint density at radius 3 is 2.68 bits per heavy atom. The van der Waals surface area contributed by atoms with Crippen LogP contribution in [0.3, 0.4) is 0 Å². The molecular weight excluding hydrogens is 292 g/mol. The standard InChI is InChI=1S/C17H18N4S/c1-2-6-18-14(3-1)13-20-8-10-21(11-9-20)16-4-7-19-15-5-12-22-17(15)16/h1-7,12H,8-11,13H2. The molecule has 3 aromatic heterocycles. The molecular formula is C17H18N4S. The summed E-state index contributed by atoms with van der Waals surface area (Å²) < 4.78 is 1.31. The molecule has 0 atom stereocenters. The lowest BCUT2D eigenvalue weighted by Gasteiger charge is -2.36. The van der Waals surface area contributed by atoms with Crippen molar-refractivity contribution in [3.63, 3.8) is 0 Å². The van der Waals surface area contributed by atoms with Gasteiger partial charge in [-0.15, -0.1) is 11.3 Å². The minimum absolute atomic E-state index is 0.944. The second kappa shape index (κ2) is 6.02. The number of fused-ring (bicyclic) bond motifs is 1. The van der Waals surface area contributed by atoms with E-state index in [-0.39, 0.29) is 0 Å². The highest BCUT2D eigenvalue weighted by Gasteiger charge is 2.19. The van der Waals surface area contributed by atoms with E-state index in [2.05, 4.69) is 49.4 Å². The second-order valence-electron chi connectivity index (χ2n) is 5.55. The maximum Gasteiger partial charge on any atom is 0.0830 e. The fourth-order valence-corrected chi connectivity index (χ4v) is 3.87. The largest absolute Gasteiger partial charge is 0.368 e. The van der Waals surface area contributed by atoms with Crippen LogP contribution in [0.5, 0.6) is 0 Å². The molecule has 4 rings (SSSR count). The third-order valence-electron chi connectivity index (χ3n) is 4.15. The maximum atomic E-state index is 4.43. The monoisotopic (exact) mass is 310 g/mol. The number of pyridine rings is 2. The highest BCUT2D eigenvalue weighted by atomic mass is 32.1. The molecule has 0 spiro atoms. The molecule has 4 heterocycles. The summed E-state index contributed by atoms with van der Waals surface area (Å²) in [6, 6.07) is 10.4. The summed E-state index contributed by atoms with van der Waals surface area (Å²) in [6.07, 6.45) is 3.79. The Labute approximate surface area is 134 Å². The Kier molecular flexibility index (Phi) is 3.74. The minimum Gasteiger partial charge on any atom is -0.368 e. The van der Waals surface area contributed by atoms with E-state index >= 15 is 0 Å². The van der Waals surface area contributed by atoms with E-state index in [1.165, 1.54) is 10.4 Å². The number of piperazine rings is 1. The molecule has 0 unspecified atom stereocenters. The molecule has 22 heavy (non-hydrogen) atoms. The summed E-state index contributed by atoms with van der Waals surface area (Å²) in [6.45, 7) is 5.21. The van der Waals surface area contributed by atoms with Crippen molar-refractivity contribution in [2.75, 3.05) is 31.1 Å². The molecule has 1 saturated heterocycles. The summed E-state index contributed by atoms with van der Waals surface area (Å²) in [5, 5.41) is 2.12. The van der Waals surface area contributed by atoms with E-state index in [9.17, 15) is 0 Å². The van der Waals surface area contributed by atoms with E-state index in [4.69, 9.17) is 0 Å². The van der Waals surface area contributed by atoms with Crippen LogP contribution in [0.2, 0.25) is 0 Å². The van der Waals surface area contributed by atoms with Gasteiger partial charge in [0.15, 0.2) is 0 Å². The van der Waals surface area contributed by atoms with Crippen molar-refractivity contribution in [2.45, 2.75) is 6.54 Å². The van der Waals surface area contributed by atoms with Gasteiger partial charge in [-0.05, 0) is 29.6 Å². The molecule has 0 bridgehead atoms. The van der Waals surface area contributed by atoms with E-state index in [1.54, 1.807) is 11.3 Å². The Balaban J connectivity index is 1.45. The van der Waals surface area contributed by atoms with Crippen LogP contribution in [0, 0.1) is 0 Å². The zero-order chi connectivity index (χ0) is 14.8. The lowest BCUT2D eigenvalue weighted by Crippen LogP contribution is -2.46. The van der Waals surface area contributed by atoms with Crippen LogP contribution in [0.15, 0.2) is 48.1 Å². The number of nitrogens with zero attached hydrogens (tertiary/aromatic N) is 4. The van der Waals surface area contributed by atoms with Crippen molar-refractivity contribution in [1.29, 1.82) is 0 Å². The van der Waals surface area contributed by atoms with E-state index in [1.807, 2.05) is 18.5 Å². The van der Waals surface area contributed by atoms with Crippen LogP contribution < -0.4 is 4.90 Å². The third kappa shape index (κ3) is 2.69. The van der Waals surface area contributed by atoms with Crippen LogP contribution in [0.4, 0.5) is 5.69 Å². The Bertz CT molecular complexity index is 747. The van der Waals surface area contributed by atoms with Crippen LogP contribution in [-0.4, -0.2) is 41.0 Å². The molecule has 4 nitrogen and oxygen atoms in total. The van der Waals surface area contributed by atoms with Gasteiger partial charge in [-0.25, -0.2) is 0 Å². The first-order valence-corrected chi connectivity index (χ1v) is 8.47. The molecule has 0 saturated carbocycles. The highest BCUT2D eigenvalue weighted by Crippen LogP contribution is 2.30. The third-order valence-corrected chi connectivity index (χ3v) is 5.07. The van der Waals surface area contributed by atoms with Crippen molar-refractivity contribution in [3.05, 3.63) is 53.8 Å². The lowest BCUT2D eigenvalue weighted by molar-refractivity contribution is 0.247. The van der Waals surface area contributed by atoms with Gasteiger partial charge in [0.25, 0.3) is 0 Å². The molecule has 1 fully saturated rings. The minimum atomic E-state index is 0.944. The Morgan fingerprint density at radius 1 is 0.955 bits per heavy atom. The van der Waals surface area contributed by atoms with Gasteiger partial charge in [-0.1, -0.05) is 6.07 Å². The number of aromatic nitrogens is 2. The fourth-order valence-electron chi connectivity index (χ4n) is 2.98. The fraction of sp³-hybridized carbons (Fsp3) is 0.294. The number of rotatable bonds is 3. The van der Waals surface area contributed by atoms with Crippen molar-refractivity contribution in [2.24, 2.45) is 0 Å². The van der Waals surface area contributed by atoms with Crippen LogP contribution >= 0.6 is 11.3 Å². The van der Waals surface area contributed by atoms with Gasteiger partial charge >= 0.3 is 0 Å². The second-order valence-corrected chi connectivity index (χ2v) is 6.47. The van der Waals surface area contributed by atoms with Gasteiger partial charge in [0.05, 0.1) is 21.6 Å². The van der Waals surface area contributed by atoms with Gasteiger partial charge in [0.1, 0.15) is 0 Å². The Hall–Kier alpha value is -1.98. The average molecular weight is 310 g/mol. The van der Waals surface area contributed by atoms with Gasteiger partial charge in [0, 0.05) is 45.1 Å². The first-order valence-electron chi connectivity index (χ1n) is 7.59. The van der Waals surface area contributed by atoms with Gasteiger partial charge in [-0.3, -0.25) is 14.9 Å². The molecule has 0 amide bonds. The van der Waals surface area contributed by atoms with Gasteiger partial charge in [0.2, 0.25) is 0 Å². The number of hydrogen-bond donors (Lipinski definition) is 0. The molecule has 1 aliphatic heterocycles. The normalized spacial score (nSPS) is 16.3. The molecule has 1 aliphatic rings. The van der Waals surface area contributed by atoms with Crippen molar-refractivity contribution in [3.8, 4) is 0 Å². The predicted octanol–water partition coefficient (Wildman–Crippen LogP) is 3.01. The zero-order valence-corrected chi connectivity index (χ0v) is 13.2. The highest BCUT2D eigenvalue weighted by molar-refractivity contribution is 7.17. The molecule has 5 heteroatoms. The van der Waals surface area contributed by atoms with Crippen molar-refractivity contribution >= 4 is 27.2 Å². The summed E-state index contributed by atoms with van der Waals surface area (Å²) in [5.74, 6) is 0. The maximum absolute atomic E-state index is 4.43. The zero-order valence-electron chi connectivity index (χ0n) is 12.4.